The normalized spacial score (nSPS) is 11.2. The average molecular weight is 332 g/mol. The molecule has 1 N–H and O–H groups in total. The van der Waals surface area contributed by atoms with Gasteiger partial charge in [-0.15, -0.1) is 0 Å². The zero-order chi connectivity index (χ0) is 14.8. The summed E-state index contributed by atoms with van der Waals surface area (Å²) in [4.78, 5) is 12.6. The van der Waals surface area contributed by atoms with Gasteiger partial charge < -0.3 is 5.32 Å². The van der Waals surface area contributed by atoms with Crippen LogP contribution in [0, 0.1) is 6.92 Å². The molecule has 20 heavy (non-hydrogen) atoms. The summed E-state index contributed by atoms with van der Waals surface area (Å²) in [7, 11) is 0. The van der Waals surface area contributed by atoms with E-state index in [2.05, 4.69) is 21.2 Å². The van der Waals surface area contributed by atoms with Crippen LogP contribution in [-0.4, -0.2) is 5.91 Å². The zero-order valence-electron chi connectivity index (χ0n) is 11.9. The molecule has 0 aliphatic rings. The number of hydrogen-bond acceptors (Lipinski definition) is 1. The molecule has 0 radical (unpaired) electrons. The topological polar surface area (TPSA) is 29.1 Å². The SMILES string of the molecule is Cc1cccc(NC(=O)C(C)(C)c2ccccc2)c1Br. The fraction of sp³-hybridized carbons (Fsp3) is 0.235. The number of rotatable bonds is 3. The standard InChI is InChI=1S/C17H18BrNO/c1-12-8-7-11-14(15(12)18)19-16(20)17(2,3)13-9-5-4-6-10-13/h4-11H,1-3H3,(H,19,20). The van der Waals surface area contributed by atoms with Crippen LogP contribution in [0.2, 0.25) is 0 Å². The monoisotopic (exact) mass is 331 g/mol. The molecule has 0 aliphatic heterocycles. The van der Waals surface area contributed by atoms with E-state index in [1.54, 1.807) is 0 Å². The molecule has 2 rings (SSSR count). The largest absolute Gasteiger partial charge is 0.324 e. The number of benzene rings is 2. The van der Waals surface area contributed by atoms with Crippen LogP contribution in [0.15, 0.2) is 53.0 Å². The third kappa shape index (κ3) is 2.93. The molecule has 0 unspecified atom stereocenters. The third-order valence-electron chi connectivity index (χ3n) is 3.50. The second-order valence-electron chi connectivity index (χ2n) is 5.38. The first-order chi connectivity index (χ1) is 9.43. The molecule has 2 aromatic rings. The van der Waals surface area contributed by atoms with Crippen molar-refractivity contribution in [2.45, 2.75) is 26.2 Å². The molecular weight excluding hydrogens is 314 g/mol. The van der Waals surface area contributed by atoms with Gasteiger partial charge in [0.15, 0.2) is 0 Å². The minimum Gasteiger partial charge on any atom is -0.324 e. The minimum absolute atomic E-state index is 0.0185. The Kier molecular flexibility index (Phi) is 4.29. The predicted octanol–water partition coefficient (Wildman–Crippen LogP) is 4.67. The maximum absolute atomic E-state index is 12.6. The number of aryl methyl sites for hydroxylation is 1. The summed E-state index contributed by atoms with van der Waals surface area (Å²) in [5.74, 6) is -0.0185. The van der Waals surface area contributed by atoms with Crippen LogP contribution in [0.3, 0.4) is 0 Å². The fourth-order valence-electron chi connectivity index (χ4n) is 2.01. The Morgan fingerprint density at radius 1 is 1.05 bits per heavy atom. The van der Waals surface area contributed by atoms with Crippen molar-refractivity contribution in [1.82, 2.24) is 0 Å². The van der Waals surface area contributed by atoms with Crippen molar-refractivity contribution in [3.05, 3.63) is 64.1 Å². The summed E-state index contributed by atoms with van der Waals surface area (Å²) < 4.78 is 0.928. The number of carbonyl (C=O) groups excluding carboxylic acids is 1. The van der Waals surface area contributed by atoms with Gasteiger partial charge in [0.2, 0.25) is 5.91 Å². The number of nitrogens with one attached hydrogen (secondary N) is 1. The summed E-state index contributed by atoms with van der Waals surface area (Å²) >= 11 is 3.52. The van der Waals surface area contributed by atoms with Gasteiger partial charge in [-0.3, -0.25) is 4.79 Å². The number of amides is 1. The maximum atomic E-state index is 12.6. The molecule has 2 nitrogen and oxygen atoms in total. The second-order valence-corrected chi connectivity index (χ2v) is 6.17. The molecule has 0 saturated heterocycles. The molecule has 1 amide bonds. The van der Waals surface area contributed by atoms with Gasteiger partial charge in [-0.2, -0.15) is 0 Å². The zero-order valence-corrected chi connectivity index (χ0v) is 13.5. The van der Waals surface area contributed by atoms with E-state index in [1.165, 1.54) is 0 Å². The van der Waals surface area contributed by atoms with Crippen LogP contribution >= 0.6 is 15.9 Å². The van der Waals surface area contributed by atoms with E-state index in [4.69, 9.17) is 0 Å². The van der Waals surface area contributed by atoms with Gasteiger partial charge in [-0.1, -0.05) is 42.5 Å². The molecule has 2 aromatic carbocycles. The molecule has 0 saturated carbocycles. The Balaban J connectivity index is 2.26. The van der Waals surface area contributed by atoms with Crippen LogP contribution in [-0.2, 0) is 10.2 Å². The van der Waals surface area contributed by atoms with Crippen molar-refractivity contribution >= 4 is 27.5 Å². The van der Waals surface area contributed by atoms with Crippen molar-refractivity contribution in [3.63, 3.8) is 0 Å². The Bertz CT molecular complexity index is 620. The van der Waals surface area contributed by atoms with Crippen LogP contribution in [0.25, 0.3) is 0 Å². The van der Waals surface area contributed by atoms with Gasteiger partial charge >= 0.3 is 0 Å². The Morgan fingerprint density at radius 3 is 2.35 bits per heavy atom. The quantitative estimate of drug-likeness (QED) is 0.869. The second kappa shape index (κ2) is 5.80. The molecule has 0 atom stereocenters. The minimum atomic E-state index is -0.579. The lowest BCUT2D eigenvalue weighted by Crippen LogP contribution is -2.34. The van der Waals surface area contributed by atoms with Gasteiger partial charge in [-0.25, -0.2) is 0 Å². The number of hydrogen-bond donors (Lipinski definition) is 1. The first-order valence-corrected chi connectivity index (χ1v) is 7.34. The highest BCUT2D eigenvalue weighted by atomic mass is 79.9. The van der Waals surface area contributed by atoms with Gasteiger partial charge in [0.25, 0.3) is 0 Å². The predicted molar refractivity (Wildman–Crippen MR) is 87.0 cm³/mol. The van der Waals surface area contributed by atoms with E-state index in [9.17, 15) is 4.79 Å². The molecule has 0 aromatic heterocycles. The van der Waals surface area contributed by atoms with Gasteiger partial charge in [0.1, 0.15) is 0 Å². The lowest BCUT2D eigenvalue weighted by Gasteiger charge is -2.24. The fourth-order valence-corrected chi connectivity index (χ4v) is 2.37. The molecule has 0 aliphatic carbocycles. The molecule has 0 heterocycles. The van der Waals surface area contributed by atoms with E-state index < -0.39 is 5.41 Å². The summed E-state index contributed by atoms with van der Waals surface area (Å²) in [5.41, 5.74) is 2.32. The van der Waals surface area contributed by atoms with Gasteiger partial charge in [-0.05, 0) is 53.9 Å². The first kappa shape index (κ1) is 14.8. The van der Waals surface area contributed by atoms with Crippen LogP contribution in [0.1, 0.15) is 25.0 Å². The van der Waals surface area contributed by atoms with Crippen molar-refractivity contribution < 1.29 is 4.79 Å². The van der Waals surface area contributed by atoms with Crippen LogP contribution < -0.4 is 5.32 Å². The van der Waals surface area contributed by atoms with Crippen molar-refractivity contribution in [2.75, 3.05) is 5.32 Å². The Labute approximate surface area is 128 Å². The molecule has 0 bridgehead atoms. The molecule has 0 spiro atoms. The average Bonchev–Trinajstić information content (AvgIpc) is 2.44. The van der Waals surface area contributed by atoms with Crippen molar-refractivity contribution in [1.29, 1.82) is 0 Å². The first-order valence-electron chi connectivity index (χ1n) is 6.55. The summed E-state index contributed by atoms with van der Waals surface area (Å²) in [6.45, 7) is 5.87. The smallest absolute Gasteiger partial charge is 0.234 e. The van der Waals surface area contributed by atoms with Gasteiger partial charge in [0, 0.05) is 4.47 Å². The highest BCUT2D eigenvalue weighted by Crippen LogP contribution is 2.29. The number of carbonyl (C=O) groups is 1. The lowest BCUT2D eigenvalue weighted by molar-refractivity contribution is -0.120. The van der Waals surface area contributed by atoms with E-state index in [1.807, 2.05) is 69.3 Å². The Hall–Kier alpha value is -1.61. The Morgan fingerprint density at radius 2 is 1.70 bits per heavy atom. The summed E-state index contributed by atoms with van der Waals surface area (Å²) in [6, 6.07) is 15.6. The highest BCUT2D eigenvalue weighted by molar-refractivity contribution is 9.10. The lowest BCUT2D eigenvalue weighted by atomic mass is 9.83. The van der Waals surface area contributed by atoms with E-state index in [0.717, 1.165) is 21.3 Å². The molecular formula is C17H18BrNO. The number of halogens is 1. The van der Waals surface area contributed by atoms with E-state index >= 15 is 0 Å². The molecule has 3 heteroatoms. The van der Waals surface area contributed by atoms with E-state index in [-0.39, 0.29) is 5.91 Å². The van der Waals surface area contributed by atoms with Crippen molar-refractivity contribution in [2.24, 2.45) is 0 Å². The van der Waals surface area contributed by atoms with E-state index in [0.29, 0.717) is 0 Å². The summed E-state index contributed by atoms with van der Waals surface area (Å²) in [6.07, 6.45) is 0. The van der Waals surface area contributed by atoms with Crippen LogP contribution in [0.5, 0.6) is 0 Å². The van der Waals surface area contributed by atoms with Crippen LogP contribution in [0.4, 0.5) is 5.69 Å². The molecule has 104 valence electrons. The molecule has 0 fully saturated rings. The highest BCUT2D eigenvalue weighted by Gasteiger charge is 2.29. The summed E-state index contributed by atoms with van der Waals surface area (Å²) in [5, 5.41) is 3.00. The van der Waals surface area contributed by atoms with Gasteiger partial charge in [0.05, 0.1) is 11.1 Å². The maximum Gasteiger partial charge on any atom is 0.234 e. The number of anilines is 1. The third-order valence-corrected chi connectivity index (χ3v) is 4.56. The van der Waals surface area contributed by atoms with Crippen molar-refractivity contribution in [3.8, 4) is 0 Å².